The molecule has 4 heteroatoms. The van der Waals surface area contributed by atoms with E-state index in [0.29, 0.717) is 6.42 Å². The molecule has 0 spiro atoms. The summed E-state index contributed by atoms with van der Waals surface area (Å²) < 4.78 is 0. The number of hydrogen-bond acceptors (Lipinski definition) is 3. The number of nitrogens with zero attached hydrogens (tertiary/aromatic N) is 1. The number of benzene rings is 1. The topological polar surface area (TPSA) is 40.5 Å². The molecule has 0 radical (unpaired) electrons. The summed E-state index contributed by atoms with van der Waals surface area (Å²) in [5.41, 5.74) is 2.37. The van der Waals surface area contributed by atoms with Crippen LogP contribution in [-0.4, -0.2) is 42.4 Å². The zero-order valence-electron chi connectivity index (χ0n) is 11.3. The number of carboxylic acid groups (broad SMARTS) is 1. The van der Waals surface area contributed by atoms with Crippen LogP contribution in [0.1, 0.15) is 17.5 Å². The van der Waals surface area contributed by atoms with Crippen LogP contribution in [0.3, 0.4) is 0 Å². The van der Waals surface area contributed by atoms with E-state index in [1.54, 1.807) is 0 Å². The van der Waals surface area contributed by atoms with Crippen LogP contribution in [0.25, 0.3) is 0 Å². The number of thioether (sulfide) groups is 1. The van der Waals surface area contributed by atoms with Gasteiger partial charge in [0.25, 0.3) is 0 Å². The lowest BCUT2D eigenvalue weighted by Gasteiger charge is -2.12. The van der Waals surface area contributed by atoms with Crippen molar-refractivity contribution in [2.24, 2.45) is 0 Å². The molecular weight excluding hydrogens is 246 g/mol. The normalized spacial score (nSPS) is 10.9. The zero-order chi connectivity index (χ0) is 13.5. The predicted molar refractivity (Wildman–Crippen MR) is 76.4 cm³/mol. The van der Waals surface area contributed by atoms with Gasteiger partial charge in [-0.25, -0.2) is 0 Å². The van der Waals surface area contributed by atoms with E-state index in [1.807, 2.05) is 23.9 Å². The molecule has 1 aromatic rings. The Balaban J connectivity index is 2.63. The molecule has 1 N–H and O–H groups in total. The maximum absolute atomic E-state index is 10.6. The fraction of sp³-hybridized carbons (Fsp3) is 0.500. The van der Waals surface area contributed by atoms with E-state index in [2.05, 4.69) is 32.0 Å². The van der Waals surface area contributed by atoms with Gasteiger partial charge in [0.1, 0.15) is 0 Å². The lowest BCUT2D eigenvalue weighted by molar-refractivity contribution is -0.136. The molecule has 0 saturated heterocycles. The van der Waals surface area contributed by atoms with Gasteiger partial charge < -0.3 is 10.0 Å². The molecule has 100 valence electrons. The van der Waals surface area contributed by atoms with Crippen LogP contribution in [-0.2, 0) is 11.2 Å². The van der Waals surface area contributed by atoms with Crippen molar-refractivity contribution in [3.8, 4) is 0 Å². The Morgan fingerprint density at radius 2 is 2.11 bits per heavy atom. The summed E-state index contributed by atoms with van der Waals surface area (Å²) in [7, 11) is 4.13. The van der Waals surface area contributed by atoms with Gasteiger partial charge in [-0.1, -0.05) is 12.1 Å². The van der Waals surface area contributed by atoms with Crippen molar-refractivity contribution in [3.05, 3.63) is 29.3 Å². The Kier molecular flexibility index (Phi) is 6.22. The summed E-state index contributed by atoms with van der Waals surface area (Å²) in [4.78, 5) is 14.0. The first-order valence-corrected chi connectivity index (χ1v) is 7.07. The highest BCUT2D eigenvalue weighted by molar-refractivity contribution is 7.99. The first kappa shape index (κ1) is 15.1. The van der Waals surface area contributed by atoms with Crippen LogP contribution >= 0.6 is 11.8 Å². The quantitative estimate of drug-likeness (QED) is 0.771. The smallest absolute Gasteiger partial charge is 0.303 e. The molecule has 0 aromatic heterocycles. The highest BCUT2D eigenvalue weighted by Gasteiger charge is 2.06. The molecule has 0 heterocycles. The third-order valence-electron chi connectivity index (χ3n) is 2.80. The number of aryl methyl sites for hydroxylation is 1. The van der Waals surface area contributed by atoms with E-state index in [-0.39, 0.29) is 6.42 Å². The minimum Gasteiger partial charge on any atom is -0.481 e. The minimum absolute atomic E-state index is 0.201. The fourth-order valence-corrected chi connectivity index (χ4v) is 2.87. The molecule has 0 bridgehead atoms. The fourth-order valence-electron chi connectivity index (χ4n) is 1.67. The Morgan fingerprint density at radius 1 is 1.39 bits per heavy atom. The van der Waals surface area contributed by atoms with Crippen molar-refractivity contribution in [3.63, 3.8) is 0 Å². The number of carboxylic acids is 1. The first-order chi connectivity index (χ1) is 8.50. The molecule has 0 fully saturated rings. The van der Waals surface area contributed by atoms with Gasteiger partial charge in [0.15, 0.2) is 0 Å². The summed E-state index contributed by atoms with van der Waals surface area (Å²) in [6.07, 6.45) is 0.815. The SMILES string of the molecule is Cc1c(CCC(=O)O)cccc1SCCN(C)C. The monoisotopic (exact) mass is 267 g/mol. The van der Waals surface area contributed by atoms with Gasteiger partial charge in [-0.2, -0.15) is 0 Å². The Morgan fingerprint density at radius 3 is 2.72 bits per heavy atom. The average molecular weight is 267 g/mol. The third kappa shape index (κ3) is 5.10. The number of hydrogen-bond donors (Lipinski definition) is 1. The summed E-state index contributed by atoms with van der Waals surface area (Å²) >= 11 is 1.83. The van der Waals surface area contributed by atoms with Gasteiger partial charge in [-0.3, -0.25) is 4.79 Å². The van der Waals surface area contributed by atoms with Crippen LogP contribution in [0.4, 0.5) is 0 Å². The second-order valence-electron chi connectivity index (χ2n) is 4.59. The molecule has 0 unspecified atom stereocenters. The first-order valence-electron chi connectivity index (χ1n) is 6.08. The second-order valence-corrected chi connectivity index (χ2v) is 5.72. The minimum atomic E-state index is -0.736. The molecule has 1 rings (SSSR count). The van der Waals surface area contributed by atoms with E-state index in [1.165, 1.54) is 10.5 Å². The molecule has 0 aliphatic rings. The maximum atomic E-state index is 10.6. The molecule has 0 aliphatic carbocycles. The Labute approximate surface area is 113 Å². The van der Waals surface area contributed by atoms with Crippen LogP contribution < -0.4 is 0 Å². The standard InChI is InChI=1S/C14H21NO2S/c1-11-12(7-8-14(16)17)5-4-6-13(11)18-10-9-15(2)3/h4-6H,7-10H2,1-3H3,(H,16,17). The van der Waals surface area contributed by atoms with Crippen LogP contribution in [0.5, 0.6) is 0 Å². The highest BCUT2D eigenvalue weighted by atomic mass is 32.2. The van der Waals surface area contributed by atoms with Crippen LogP contribution in [0, 0.1) is 6.92 Å². The molecular formula is C14H21NO2S. The lowest BCUT2D eigenvalue weighted by atomic mass is 10.0. The van der Waals surface area contributed by atoms with Gasteiger partial charge in [-0.05, 0) is 44.6 Å². The lowest BCUT2D eigenvalue weighted by Crippen LogP contribution is -2.14. The van der Waals surface area contributed by atoms with Gasteiger partial charge in [0, 0.05) is 23.6 Å². The van der Waals surface area contributed by atoms with Crippen molar-refractivity contribution in [1.29, 1.82) is 0 Å². The molecule has 18 heavy (non-hydrogen) atoms. The van der Waals surface area contributed by atoms with Crippen molar-refractivity contribution in [1.82, 2.24) is 4.90 Å². The van der Waals surface area contributed by atoms with Crippen molar-refractivity contribution in [2.75, 3.05) is 26.4 Å². The second kappa shape index (κ2) is 7.44. The summed E-state index contributed by atoms with van der Waals surface area (Å²) in [5, 5.41) is 8.73. The van der Waals surface area contributed by atoms with Crippen molar-refractivity contribution < 1.29 is 9.90 Å². The summed E-state index contributed by atoms with van der Waals surface area (Å²) in [5.74, 6) is 0.316. The number of rotatable bonds is 7. The summed E-state index contributed by atoms with van der Waals surface area (Å²) in [6, 6.07) is 6.15. The number of carbonyl (C=O) groups is 1. The third-order valence-corrected chi connectivity index (χ3v) is 3.94. The van der Waals surface area contributed by atoms with Crippen molar-refractivity contribution in [2.45, 2.75) is 24.7 Å². The Hall–Kier alpha value is -1.00. The largest absolute Gasteiger partial charge is 0.481 e. The van der Waals surface area contributed by atoms with E-state index in [4.69, 9.17) is 5.11 Å². The van der Waals surface area contributed by atoms with E-state index >= 15 is 0 Å². The molecule has 0 saturated carbocycles. The van der Waals surface area contributed by atoms with E-state index < -0.39 is 5.97 Å². The molecule has 0 aliphatic heterocycles. The highest BCUT2D eigenvalue weighted by Crippen LogP contribution is 2.25. The molecule has 1 aromatic carbocycles. The zero-order valence-corrected chi connectivity index (χ0v) is 12.1. The van der Waals surface area contributed by atoms with Gasteiger partial charge in [0.05, 0.1) is 0 Å². The van der Waals surface area contributed by atoms with Crippen molar-refractivity contribution >= 4 is 17.7 Å². The summed E-state index contributed by atoms with van der Waals surface area (Å²) in [6.45, 7) is 3.12. The average Bonchev–Trinajstić information content (AvgIpc) is 2.29. The van der Waals surface area contributed by atoms with Gasteiger partial charge in [-0.15, -0.1) is 11.8 Å². The Bertz CT molecular complexity index is 405. The van der Waals surface area contributed by atoms with Crippen LogP contribution in [0.2, 0.25) is 0 Å². The molecule has 3 nitrogen and oxygen atoms in total. The predicted octanol–water partition coefficient (Wildman–Crippen LogP) is 2.67. The van der Waals surface area contributed by atoms with Gasteiger partial charge in [0.2, 0.25) is 0 Å². The van der Waals surface area contributed by atoms with Crippen LogP contribution in [0.15, 0.2) is 23.1 Å². The van der Waals surface area contributed by atoms with Gasteiger partial charge >= 0.3 is 5.97 Å². The maximum Gasteiger partial charge on any atom is 0.303 e. The van der Waals surface area contributed by atoms with E-state index in [0.717, 1.165) is 17.9 Å². The molecule has 0 amide bonds. The van der Waals surface area contributed by atoms with E-state index in [9.17, 15) is 4.79 Å². The molecule has 0 atom stereocenters. The number of aliphatic carboxylic acids is 1.